The molecule has 1 aliphatic heterocycles. The molecule has 76 valence electrons. The van der Waals surface area contributed by atoms with Crippen LogP contribution in [-0.4, -0.2) is 40.4 Å². The van der Waals surface area contributed by atoms with E-state index in [4.69, 9.17) is 16.3 Å². The standard InChI is InChI=1S/C8H10ClN3O2/c9-7-1-11-8(2-10-7)12-5-3-14-4-6(5)13/h1-2,5-6,13H,3-4H2,(H,11,12)/t5-,6-/m1/s1. The van der Waals surface area contributed by atoms with Crippen molar-refractivity contribution >= 4 is 17.4 Å². The lowest BCUT2D eigenvalue weighted by Gasteiger charge is -2.14. The third kappa shape index (κ3) is 2.12. The molecule has 5 nitrogen and oxygen atoms in total. The molecule has 2 heterocycles. The molecule has 0 spiro atoms. The van der Waals surface area contributed by atoms with E-state index in [-0.39, 0.29) is 6.04 Å². The van der Waals surface area contributed by atoms with Crippen molar-refractivity contribution in [1.29, 1.82) is 0 Å². The van der Waals surface area contributed by atoms with E-state index in [1.165, 1.54) is 12.4 Å². The molecule has 0 bridgehead atoms. The summed E-state index contributed by atoms with van der Waals surface area (Å²) in [5.74, 6) is 0.587. The third-order valence-corrected chi connectivity index (χ3v) is 2.20. The summed E-state index contributed by atoms with van der Waals surface area (Å²) in [6, 6.07) is -0.120. The molecule has 14 heavy (non-hydrogen) atoms. The number of hydrogen-bond donors (Lipinski definition) is 2. The fourth-order valence-corrected chi connectivity index (χ4v) is 1.36. The van der Waals surface area contributed by atoms with Crippen molar-refractivity contribution in [1.82, 2.24) is 9.97 Å². The Labute approximate surface area is 86.1 Å². The first-order valence-corrected chi connectivity index (χ1v) is 4.63. The Bertz CT molecular complexity index is 306. The zero-order valence-electron chi connectivity index (χ0n) is 7.35. The van der Waals surface area contributed by atoms with Crippen LogP contribution in [0.3, 0.4) is 0 Å². The number of hydrogen-bond acceptors (Lipinski definition) is 5. The van der Waals surface area contributed by atoms with E-state index in [2.05, 4.69) is 15.3 Å². The number of ether oxygens (including phenoxy) is 1. The van der Waals surface area contributed by atoms with Gasteiger partial charge in [-0.25, -0.2) is 9.97 Å². The van der Waals surface area contributed by atoms with Crippen molar-refractivity contribution in [3.8, 4) is 0 Å². The maximum atomic E-state index is 9.44. The van der Waals surface area contributed by atoms with Gasteiger partial charge in [0.05, 0.1) is 37.8 Å². The van der Waals surface area contributed by atoms with Gasteiger partial charge in [0.1, 0.15) is 11.0 Å². The number of aliphatic hydroxyl groups is 1. The molecule has 1 fully saturated rings. The van der Waals surface area contributed by atoms with Crippen LogP contribution in [0, 0.1) is 0 Å². The molecule has 0 aliphatic carbocycles. The molecule has 0 radical (unpaired) electrons. The van der Waals surface area contributed by atoms with Crippen molar-refractivity contribution < 1.29 is 9.84 Å². The van der Waals surface area contributed by atoms with E-state index in [1.54, 1.807) is 0 Å². The quantitative estimate of drug-likeness (QED) is 0.743. The second-order valence-electron chi connectivity index (χ2n) is 3.08. The molecule has 1 aliphatic rings. The van der Waals surface area contributed by atoms with Crippen molar-refractivity contribution in [2.45, 2.75) is 12.1 Å². The summed E-state index contributed by atoms with van der Waals surface area (Å²) in [7, 11) is 0. The molecule has 1 saturated heterocycles. The van der Waals surface area contributed by atoms with Crippen LogP contribution in [0.1, 0.15) is 0 Å². The Hall–Kier alpha value is -0.910. The molecule has 2 N–H and O–H groups in total. The van der Waals surface area contributed by atoms with Crippen LogP contribution in [0.2, 0.25) is 5.15 Å². The van der Waals surface area contributed by atoms with Gasteiger partial charge in [0.25, 0.3) is 0 Å². The molecule has 2 atom stereocenters. The van der Waals surface area contributed by atoms with Gasteiger partial charge in [0.15, 0.2) is 0 Å². The Morgan fingerprint density at radius 2 is 2.29 bits per heavy atom. The van der Waals surface area contributed by atoms with Crippen LogP contribution >= 0.6 is 11.6 Å². The lowest BCUT2D eigenvalue weighted by atomic mass is 10.2. The predicted octanol–water partition coefficient (Wildman–Crippen LogP) is 0.302. The fraction of sp³-hybridized carbons (Fsp3) is 0.500. The maximum absolute atomic E-state index is 9.44. The molecule has 0 amide bonds. The first-order valence-electron chi connectivity index (χ1n) is 4.25. The van der Waals surface area contributed by atoms with Gasteiger partial charge >= 0.3 is 0 Å². The Morgan fingerprint density at radius 1 is 1.43 bits per heavy atom. The third-order valence-electron chi connectivity index (χ3n) is 2.00. The smallest absolute Gasteiger partial charge is 0.147 e. The molecule has 2 rings (SSSR count). The van der Waals surface area contributed by atoms with Gasteiger partial charge in [-0.3, -0.25) is 0 Å². The summed E-state index contributed by atoms with van der Waals surface area (Å²) in [5.41, 5.74) is 0. The highest BCUT2D eigenvalue weighted by Crippen LogP contribution is 2.12. The SMILES string of the molecule is O[C@@H]1COC[C@H]1Nc1cnc(Cl)cn1. The molecule has 0 unspecified atom stereocenters. The molecule has 1 aromatic heterocycles. The molecule has 0 aromatic carbocycles. The highest BCUT2D eigenvalue weighted by Gasteiger charge is 2.26. The van der Waals surface area contributed by atoms with Crippen LogP contribution in [0.4, 0.5) is 5.82 Å². The van der Waals surface area contributed by atoms with Gasteiger partial charge in [-0.15, -0.1) is 0 Å². The monoisotopic (exact) mass is 215 g/mol. The summed E-state index contributed by atoms with van der Waals surface area (Å²) in [6.45, 7) is 0.837. The summed E-state index contributed by atoms with van der Waals surface area (Å²) in [4.78, 5) is 7.87. The van der Waals surface area contributed by atoms with Crippen LogP contribution in [-0.2, 0) is 4.74 Å². The van der Waals surface area contributed by atoms with Crippen molar-refractivity contribution in [3.05, 3.63) is 17.5 Å². The number of rotatable bonds is 2. The maximum Gasteiger partial charge on any atom is 0.147 e. The minimum atomic E-state index is -0.493. The van der Waals surface area contributed by atoms with E-state index in [0.717, 1.165) is 0 Å². The van der Waals surface area contributed by atoms with Crippen molar-refractivity contribution in [3.63, 3.8) is 0 Å². The zero-order chi connectivity index (χ0) is 9.97. The largest absolute Gasteiger partial charge is 0.388 e. The van der Waals surface area contributed by atoms with Gasteiger partial charge in [0, 0.05) is 0 Å². The molecule has 0 saturated carbocycles. The van der Waals surface area contributed by atoms with Crippen molar-refractivity contribution in [2.75, 3.05) is 18.5 Å². The lowest BCUT2D eigenvalue weighted by Crippen LogP contribution is -2.32. The number of aliphatic hydroxyl groups excluding tert-OH is 1. The zero-order valence-corrected chi connectivity index (χ0v) is 8.11. The van der Waals surface area contributed by atoms with Crippen LogP contribution in [0.5, 0.6) is 0 Å². The lowest BCUT2D eigenvalue weighted by molar-refractivity contribution is 0.125. The van der Waals surface area contributed by atoms with Gasteiger partial charge in [-0.2, -0.15) is 0 Å². The van der Waals surface area contributed by atoms with E-state index in [9.17, 15) is 5.11 Å². The van der Waals surface area contributed by atoms with Gasteiger partial charge < -0.3 is 15.2 Å². The average molecular weight is 216 g/mol. The number of aromatic nitrogens is 2. The minimum absolute atomic E-state index is 0.120. The number of anilines is 1. The van der Waals surface area contributed by atoms with E-state index < -0.39 is 6.10 Å². The van der Waals surface area contributed by atoms with Gasteiger partial charge in [-0.1, -0.05) is 11.6 Å². The summed E-state index contributed by atoms with van der Waals surface area (Å²) >= 11 is 5.58. The van der Waals surface area contributed by atoms with Gasteiger partial charge in [0.2, 0.25) is 0 Å². The Morgan fingerprint density at radius 3 is 2.86 bits per heavy atom. The summed E-state index contributed by atoms with van der Waals surface area (Å²) in [6.07, 6.45) is 2.48. The number of halogens is 1. The Kier molecular flexibility index (Phi) is 2.81. The highest BCUT2D eigenvalue weighted by molar-refractivity contribution is 6.29. The normalized spacial score (nSPS) is 26.4. The molecule has 6 heteroatoms. The van der Waals surface area contributed by atoms with Crippen LogP contribution < -0.4 is 5.32 Å². The second kappa shape index (κ2) is 4.08. The van der Waals surface area contributed by atoms with Gasteiger partial charge in [-0.05, 0) is 0 Å². The van der Waals surface area contributed by atoms with E-state index >= 15 is 0 Å². The molecular formula is C8H10ClN3O2. The first-order chi connectivity index (χ1) is 6.75. The van der Waals surface area contributed by atoms with Crippen LogP contribution in [0.25, 0.3) is 0 Å². The fourth-order valence-electron chi connectivity index (χ4n) is 1.26. The molecule has 1 aromatic rings. The first kappa shape index (κ1) is 9.64. The second-order valence-corrected chi connectivity index (χ2v) is 3.47. The summed E-state index contributed by atoms with van der Waals surface area (Å²) < 4.78 is 5.08. The van der Waals surface area contributed by atoms with Crippen molar-refractivity contribution in [2.24, 2.45) is 0 Å². The predicted molar refractivity (Wildman–Crippen MR) is 51.3 cm³/mol. The topological polar surface area (TPSA) is 67.3 Å². The van der Waals surface area contributed by atoms with Crippen LogP contribution in [0.15, 0.2) is 12.4 Å². The van der Waals surface area contributed by atoms with E-state index in [0.29, 0.717) is 24.2 Å². The highest BCUT2D eigenvalue weighted by atomic mass is 35.5. The minimum Gasteiger partial charge on any atom is -0.388 e. The number of nitrogens with zero attached hydrogens (tertiary/aromatic N) is 2. The number of nitrogens with one attached hydrogen (secondary N) is 1. The Balaban J connectivity index is 2.00. The summed E-state index contributed by atoms with van der Waals surface area (Å²) in [5, 5.41) is 12.8. The average Bonchev–Trinajstić information content (AvgIpc) is 2.56. The molecular weight excluding hydrogens is 206 g/mol. The van der Waals surface area contributed by atoms with E-state index in [1.807, 2.05) is 0 Å².